The van der Waals surface area contributed by atoms with Gasteiger partial charge in [0, 0.05) is 37.1 Å². The SMILES string of the molecule is C[C@H]1c2c(C(=O)N(C)C)ccc(O)c2C(=O)C2=C(O)[C@]3(O)C(=O)C(C(N)=O)C(O)C[C@@H]3[C@@H](O)[C@@H]21. The van der Waals surface area contributed by atoms with Crippen LogP contribution in [0.3, 0.4) is 0 Å². The van der Waals surface area contributed by atoms with Crippen molar-refractivity contribution in [3.8, 4) is 5.75 Å². The van der Waals surface area contributed by atoms with Gasteiger partial charge >= 0.3 is 0 Å². The van der Waals surface area contributed by atoms with Crippen LogP contribution in [0.2, 0.25) is 0 Å². The molecule has 4 rings (SSSR count). The Hall–Kier alpha value is -3.28. The lowest BCUT2D eigenvalue weighted by atomic mass is 9.54. The van der Waals surface area contributed by atoms with E-state index in [0.717, 1.165) is 6.07 Å². The van der Waals surface area contributed by atoms with Crippen LogP contribution in [-0.4, -0.2) is 85.7 Å². The van der Waals surface area contributed by atoms with Gasteiger partial charge in [-0.05, 0) is 30.0 Å². The summed E-state index contributed by atoms with van der Waals surface area (Å²) in [7, 11) is 3.02. The van der Waals surface area contributed by atoms with E-state index in [1.807, 2.05) is 0 Å². The first-order valence-corrected chi connectivity index (χ1v) is 10.7. The number of carbonyl (C=O) groups excluding carboxylic acids is 4. The maximum absolute atomic E-state index is 13.5. The summed E-state index contributed by atoms with van der Waals surface area (Å²) in [6, 6.07) is 2.51. The van der Waals surface area contributed by atoms with E-state index < -0.39 is 88.4 Å². The molecule has 3 aliphatic rings. The van der Waals surface area contributed by atoms with Crippen LogP contribution >= 0.6 is 0 Å². The largest absolute Gasteiger partial charge is 0.508 e. The first-order chi connectivity index (χ1) is 15.8. The van der Waals surface area contributed by atoms with E-state index in [2.05, 4.69) is 0 Å². The molecule has 3 aliphatic carbocycles. The number of nitrogens with zero attached hydrogens (tertiary/aromatic N) is 1. The highest BCUT2D eigenvalue weighted by atomic mass is 16.4. The van der Waals surface area contributed by atoms with Gasteiger partial charge in [0.1, 0.15) is 17.4 Å². The molecule has 11 heteroatoms. The van der Waals surface area contributed by atoms with Gasteiger partial charge in [-0.3, -0.25) is 19.2 Å². The molecule has 0 radical (unpaired) electrons. The van der Waals surface area contributed by atoms with Gasteiger partial charge in [-0.25, -0.2) is 0 Å². The van der Waals surface area contributed by atoms with Crippen LogP contribution in [0.15, 0.2) is 23.5 Å². The third-order valence-corrected chi connectivity index (χ3v) is 7.44. The number of amides is 2. The van der Waals surface area contributed by atoms with Gasteiger partial charge in [-0.2, -0.15) is 0 Å². The number of rotatable bonds is 2. The second-order valence-corrected chi connectivity index (χ2v) is 9.44. The molecule has 0 saturated heterocycles. The van der Waals surface area contributed by atoms with Crippen molar-refractivity contribution in [1.82, 2.24) is 4.90 Å². The van der Waals surface area contributed by atoms with E-state index in [9.17, 15) is 44.7 Å². The summed E-state index contributed by atoms with van der Waals surface area (Å²) in [5.41, 5.74) is 1.86. The van der Waals surface area contributed by atoms with Crippen LogP contribution in [0, 0.1) is 17.8 Å². The summed E-state index contributed by atoms with van der Waals surface area (Å²) in [6.45, 7) is 1.58. The highest BCUT2D eigenvalue weighted by Crippen LogP contribution is 2.55. The number of nitrogens with two attached hydrogens (primary N) is 1. The van der Waals surface area contributed by atoms with Crippen molar-refractivity contribution in [3.05, 3.63) is 40.2 Å². The van der Waals surface area contributed by atoms with Gasteiger partial charge in [-0.15, -0.1) is 0 Å². The molecule has 1 aromatic carbocycles. The second-order valence-electron chi connectivity index (χ2n) is 9.44. The Morgan fingerprint density at radius 1 is 1.15 bits per heavy atom. The summed E-state index contributed by atoms with van der Waals surface area (Å²) in [5, 5.41) is 54.5. The van der Waals surface area contributed by atoms with Crippen molar-refractivity contribution >= 4 is 23.4 Å². The quantitative estimate of drug-likeness (QED) is 0.290. The summed E-state index contributed by atoms with van der Waals surface area (Å²) in [4.78, 5) is 52.5. The van der Waals surface area contributed by atoms with E-state index in [0.29, 0.717) is 0 Å². The zero-order valence-electron chi connectivity index (χ0n) is 18.7. The summed E-state index contributed by atoms with van der Waals surface area (Å²) < 4.78 is 0. The standard InChI is InChI=1S/C23H26N2O9/c1-7-12-8(22(33)25(2)3)4-5-10(26)14(12)18(29)16-13(7)17(28)9-6-11(27)15(21(24)32)19(30)23(9,34)20(16)31/h4-5,7,9,11,13,15,17,26-28,31,34H,6H2,1-3H3,(H2,24,32)/t7-,9+,11?,13+,15?,17+,23+/m0/s1. The zero-order chi connectivity index (χ0) is 25.4. The Bertz CT molecular complexity index is 1170. The number of aliphatic hydroxyl groups is 4. The molecule has 1 saturated carbocycles. The Labute approximate surface area is 194 Å². The molecule has 0 aliphatic heterocycles. The average Bonchev–Trinajstić information content (AvgIpc) is 2.75. The first-order valence-electron chi connectivity index (χ1n) is 10.7. The number of aromatic hydroxyl groups is 1. The molecular formula is C23H26N2O9. The number of hydrogen-bond acceptors (Lipinski definition) is 9. The summed E-state index contributed by atoms with van der Waals surface area (Å²) in [5.74, 6) is -10.8. The zero-order valence-corrected chi connectivity index (χ0v) is 18.7. The third-order valence-electron chi connectivity index (χ3n) is 7.44. The second kappa shape index (κ2) is 7.62. The van der Waals surface area contributed by atoms with E-state index >= 15 is 0 Å². The molecule has 0 aromatic heterocycles. The number of Topliss-reactive ketones (excluding diaryl/α,β-unsaturated/α-hetero) is 2. The molecule has 2 amide bonds. The smallest absolute Gasteiger partial charge is 0.253 e. The van der Waals surface area contributed by atoms with Crippen LogP contribution in [0.25, 0.3) is 0 Å². The van der Waals surface area contributed by atoms with Gasteiger partial charge in [-0.1, -0.05) is 6.92 Å². The fourth-order valence-electron chi connectivity index (χ4n) is 5.81. The van der Waals surface area contributed by atoms with E-state index in [4.69, 9.17) is 5.73 Å². The number of aliphatic hydroxyl groups excluding tert-OH is 3. The lowest BCUT2D eigenvalue weighted by Crippen LogP contribution is -2.67. The summed E-state index contributed by atoms with van der Waals surface area (Å²) in [6.07, 6.45) is -3.70. The average molecular weight is 474 g/mol. The monoisotopic (exact) mass is 474 g/mol. The predicted octanol–water partition coefficient (Wildman–Crippen LogP) is -1.02. The fraction of sp³-hybridized carbons (Fsp3) is 0.478. The molecule has 7 atom stereocenters. The highest BCUT2D eigenvalue weighted by Gasteiger charge is 2.66. The van der Waals surface area contributed by atoms with Crippen molar-refractivity contribution in [2.75, 3.05) is 14.1 Å². The molecular weight excluding hydrogens is 448 g/mol. The van der Waals surface area contributed by atoms with Crippen LogP contribution in [0.4, 0.5) is 0 Å². The van der Waals surface area contributed by atoms with Gasteiger partial charge < -0.3 is 36.2 Å². The highest BCUT2D eigenvalue weighted by molar-refractivity contribution is 6.17. The summed E-state index contributed by atoms with van der Waals surface area (Å²) >= 11 is 0. The fourth-order valence-corrected chi connectivity index (χ4v) is 5.81. The van der Waals surface area contributed by atoms with Gasteiger partial charge in [0.2, 0.25) is 5.91 Å². The third kappa shape index (κ3) is 2.87. The number of ketones is 2. The van der Waals surface area contributed by atoms with Gasteiger partial charge in [0.15, 0.2) is 17.2 Å². The van der Waals surface area contributed by atoms with Gasteiger partial charge in [0.05, 0.1) is 17.8 Å². The van der Waals surface area contributed by atoms with Gasteiger partial charge in [0.25, 0.3) is 5.91 Å². The molecule has 0 heterocycles. The molecule has 34 heavy (non-hydrogen) atoms. The number of carbonyl (C=O) groups is 4. The maximum atomic E-state index is 13.5. The minimum absolute atomic E-state index is 0.110. The van der Waals surface area contributed by atoms with Crippen LogP contribution in [0.1, 0.15) is 45.5 Å². The lowest BCUT2D eigenvalue weighted by Gasteiger charge is -2.52. The van der Waals surface area contributed by atoms with Crippen molar-refractivity contribution in [3.63, 3.8) is 0 Å². The van der Waals surface area contributed by atoms with Crippen molar-refractivity contribution in [2.45, 2.75) is 37.1 Å². The molecule has 0 spiro atoms. The van der Waals surface area contributed by atoms with E-state index in [1.54, 1.807) is 6.92 Å². The normalized spacial score (nSPS) is 34.8. The maximum Gasteiger partial charge on any atom is 0.253 e. The molecule has 2 unspecified atom stereocenters. The van der Waals surface area contributed by atoms with Crippen molar-refractivity contribution < 1.29 is 44.7 Å². The molecule has 7 N–H and O–H groups in total. The predicted molar refractivity (Wildman–Crippen MR) is 115 cm³/mol. The van der Waals surface area contributed by atoms with Crippen LogP contribution in [-0.2, 0) is 9.59 Å². The number of fused-ring (bicyclic) bond motifs is 3. The minimum atomic E-state index is -2.84. The van der Waals surface area contributed by atoms with Crippen molar-refractivity contribution in [1.29, 1.82) is 0 Å². The topological polar surface area (TPSA) is 199 Å². The number of benzene rings is 1. The van der Waals surface area contributed by atoms with E-state index in [-0.39, 0.29) is 16.7 Å². The number of primary amides is 1. The molecule has 1 aromatic rings. The van der Waals surface area contributed by atoms with Crippen molar-refractivity contribution in [2.24, 2.45) is 23.5 Å². The Kier molecular flexibility index (Phi) is 5.35. The first kappa shape index (κ1) is 23.9. The van der Waals surface area contributed by atoms with Crippen LogP contribution < -0.4 is 5.73 Å². The Morgan fingerprint density at radius 3 is 2.32 bits per heavy atom. The molecule has 182 valence electrons. The molecule has 11 nitrogen and oxygen atoms in total. The number of phenols is 1. The number of phenolic OH excluding ortho intramolecular Hbond substituents is 1. The minimum Gasteiger partial charge on any atom is -0.508 e. The lowest BCUT2D eigenvalue weighted by molar-refractivity contribution is -0.179. The number of hydrogen-bond donors (Lipinski definition) is 6. The Morgan fingerprint density at radius 2 is 1.76 bits per heavy atom. The Balaban J connectivity index is 1.99. The molecule has 0 bridgehead atoms. The van der Waals surface area contributed by atoms with E-state index in [1.165, 1.54) is 25.1 Å². The molecule has 1 fully saturated rings. The van der Waals surface area contributed by atoms with Crippen LogP contribution in [0.5, 0.6) is 5.75 Å².